The van der Waals surface area contributed by atoms with Crippen LogP contribution in [-0.2, 0) is 0 Å². The van der Waals surface area contributed by atoms with Crippen molar-refractivity contribution in [3.63, 3.8) is 0 Å². The molecule has 4 nitrogen and oxygen atoms in total. The van der Waals surface area contributed by atoms with E-state index in [1.165, 1.54) is 0 Å². The third-order valence-corrected chi connectivity index (χ3v) is 1.19. The largest absolute Gasteiger partial charge is 0.418 e. The van der Waals surface area contributed by atoms with Gasteiger partial charge in [-0.05, 0) is 12.1 Å². The molecule has 0 unspecified atom stereocenters. The zero-order valence-electron chi connectivity index (χ0n) is 7.00. The second-order valence-corrected chi connectivity index (χ2v) is 1.86. The molecule has 0 aliphatic carbocycles. The first-order valence-corrected chi connectivity index (χ1v) is 3.80. The van der Waals surface area contributed by atoms with Gasteiger partial charge in [0.1, 0.15) is 0 Å². The van der Waals surface area contributed by atoms with Crippen LogP contribution in [0.5, 0.6) is 0 Å². The number of pyridine rings is 1. The van der Waals surface area contributed by atoms with Gasteiger partial charge in [0.25, 0.3) is 0 Å². The topological polar surface area (TPSA) is 58.9 Å². The minimum Gasteiger partial charge on any atom is -0.406 e. The van der Waals surface area contributed by atoms with Crippen LogP contribution in [0.2, 0.25) is 0 Å². The van der Waals surface area contributed by atoms with Gasteiger partial charge in [-0.25, -0.2) is 9.78 Å². The maximum atomic E-state index is 10.5. The van der Waals surface area contributed by atoms with Crippen molar-refractivity contribution in [2.24, 2.45) is 0 Å². The summed E-state index contributed by atoms with van der Waals surface area (Å²) in [5, 5.41) is 0. The summed E-state index contributed by atoms with van der Waals surface area (Å²) >= 11 is 0. The van der Waals surface area contributed by atoms with E-state index < -0.39 is 5.76 Å². The van der Waals surface area contributed by atoms with Gasteiger partial charge in [-0.15, -0.1) is 0 Å². The highest BCUT2D eigenvalue weighted by Gasteiger charge is 1.96. The van der Waals surface area contributed by atoms with Crippen LogP contribution in [-0.4, -0.2) is 9.97 Å². The first-order valence-electron chi connectivity index (χ1n) is 3.80. The van der Waals surface area contributed by atoms with Crippen LogP contribution in [0.3, 0.4) is 0 Å². The van der Waals surface area contributed by atoms with Crippen LogP contribution >= 0.6 is 0 Å². The maximum Gasteiger partial charge on any atom is 0.418 e. The molecule has 2 rings (SSSR count). The number of fused-ring (bicyclic) bond motifs is 1. The second-order valence-electron chi connectivity index (χ2n) is 1.86. The lowest BCUT2D eigenvalue weighted by atomic mass is 10.5. The molecular weight excluding hydrogens is 156 g/mol. The number of nitrogens with zero attached hydrogens (tertiary/aromatic N) is 1. The zero-order valence-corrected chi connectivity index (χ0v) is 7.00. The highest BCUT2D eigenvalue weighted by Crippen LogP contribution is 2.02. The summed E-state index contributed by atoms with van der Waals surface area (Å²) in [4.78, 5) is 16.8. The summed E-state index contributed by atoms with van der Waals surface area (Å²) in [7, 11) is 0. The van der Waals surface area contributed by atoms with Gasteiger partial charge in [0.15, 0.2) is 11.2 Å². The van der Waals surface area contributed by atoms with Crippen molar-refractivity contribution in [3.8, 4) is 0 Å². The molecular formula is C8H12N2O2. The van der Waals surface area contributed by atoms with Crippen LogP contribution < -0.4 is 5.76 Å². The third-order valence-electron chi connectivity index (χ3n) is 1.19. The SMILES string of the molecule is CC.O=c1[nH]c2ncccc2o1.[HH]. The van der Waals surface area contributed by atoms with Crippen molar-refractivity contribution in [1.29, 1.82) is 0 Å². The molecule has 0 aromatic carbocycles. The molecule has 2 aromatic rings. The Morgan fingerprint density at radius 1 is 1.58 bits per heavy atom. The van der Waals surface area contributed by atoms with E-state index in [9.17, 15) is 4.79 Å². The van der Waals surface area contributed by atoms with E-state index in [1.54, 1.807) is 18.3 Å². The molecule has 1 N–H and O–H groups in total. The normalized spacial score (nSPS) is 9.17. The van der Waals surface area contributed by atoms with E-state index in [-0.39, 0.29) is 1.43 Å². The molecule has 0 saturated carbocycles. The van der Waals surface area contributed by atoms with Crippen molar-refractivity contribution in [2.75, 3.05) is 0 Å². The Morgan fingerprint density at radius 3 is 3.00 bits per heavy atom. The smallest absolute Gasteiger partial charge is 0.406 e. The van der Waals surface area contributed by atoms with Crippen molar-refractivity contribution >= 4 is 11.2 Å². The molecule has 4 heteroatoms. The van der Waals surface area contributed by atoms with E-state index in [0.717, 1.165) is 0 Å². The molecule has 0 fully saturated rings. The Balaban J connectivity index is 0.000000451. The molecule has 0 aliphatic heterocycles. The Hall–Kier alpha value is -1.58. The molecule has 0 aliphatic rings. The van der Waals surface area contributed by atoms with Crippen LogP contribution in [0.25, 0.3) is 11.2 Å². The first-order chi connectivity index (χ1) is 5.86. The Labute approximate surface area is 70.7 Å². The number of hydrogen-bond acceptors (Lipinski definition) is 3. The number of nitrogens with one attached hydrogen (secondary N) is 1. The number of rotatable bonds is 0. The highest BCUT2D eigenvalue weighted by atomic mass is 16.4. The highest BCUT2D eigenvalue weighted by molar-refractivity contribution is 5.65. The van der Waals surface area contributed by atoms with Crippen molar-refractivity contribution < 1.29 is 5.84 Å². The van der Waals surface area contributed by atoms with E-state index in [1.807, 2.05) is 13.8 Å². The van der Waals surface area contributed by atoms with Gasteiger partial charge in [-0.3, -0.25) is 4.98 Å². The number of aromatic amines is 1. The van der Waals surface area contributed by atoms with Gasteiger partial charge in [0.2, 0.25) is 0 Å². The number of aromatic nitrogens is 2. The fraction of sp³-hybridized carbons (Fsp3) is 0.250. The maximum absolute atomic E-state index is 10.5. The fourth-order valence-electron chi connectivity index (χ4n) is 0.789. The van der Waals surface area contributed by atoms with Gasteiger partial charge < -0.3 is 4.42 Å². The van der Waals surface area contributed by atoms with E-state index in [4.69, 9.17) is 4.42 Å². The summed E-state index contributed by atoms with van der Waals surface area (Å²) < 4.78 is 4.69. The average Bonchev–Trinajstić information content (AvgIpc) is 2.48. The molecule has 12 heavy (non-hydrogen) atoms. The second kappa shape index (κ2) is 3.71. The van der Waals surface area contributed by atoms with Gasteiger partial charge in [0.05, 0.1) is 0 Å². The predicted molar refractivity (Wildman–Crippen MR) is 48.1 cm³/mol. The van der Waals surface area contributed by atoms with Crippen LogP contribution in [0, 0.1) is 0 Å². The van der Waals surface area contributed by atoms with Crippen LogP contribution in [0.4, 0.5) is 0 Å². The number of H-pyrrole nitrogens is 1. The summed E-state index contributed by atoms with van der Waals surface area (Å²) in [6.07, 6.45) is 1.59. The van der Waals surface area contributed by atoms with Gasteiger partial charge >= 0.3 is 5.76 Å². The van der Waals surface area contributed by atoms with Crippen LogP contribution in [0.1, 0.15) is 15.3 Å². The summed E-state index contributed by atoms with van der Waals surface area (Å²) in [6.45, 7) is 4.00. The van der Waals surface area contributed by atoms with Gasteiger partial charge in [0, 0.05) is 7.62 Å². The Kier molecular flexibility index (Phi) is 2.63. The van der Waals surface area contributed by atoms with E-state index >= 15 is 0 Å². The van der Waals surface area contributed by atoms with Crippen LogP contribution in [0.15, 0.2) is 27.5 Å². The minimum absolute atomic E-state index is 0. The monoisotopic (exact) mass is 168 g/mol. The Morgan fingerprint density at radius 2 is 2.33 bits per heavy atom. The lowest BCUT2D eigenvalue weighted by molar-refractivity contribution is 0.555. The fourth-order valence-corrected chi connectivity index (χ4v) is 0.789. The molecule has 66 valence electrons. The van der Waals surface area contributed by atoms with E-state index in [2.05, 4.69) is 9.97 Å². The number of oxazole rings is 1. The molecule has 0 atom stereocenters. The van der Waals surface area contributed by atoms with Crippen molar-refractivity contribution in [2.45, 2.75) is 13.8 Å². The van der Waals surface area contributed by atoms with Gasteiger partial charge in [-0.1, -0.05) is 13.8 Å². The third kappa shape index (κ3) is 1.53. The standard InChI is InChI=1S/C6H4N2O2.C2H6.H2/c9-6-8-5-4(10-6)2-1-3-7-5;1-2;/h1-3H,(H,7,8,9);1-2H3;1H. The number of hydrogen-bond donors (Lipinski definition) is 1. The van der Waals surface area contributed by atoms with Crippen molar-refractivity contribution in [3.05, 3.63) is 28.9 Å². The zero-order chi connectivity index (χ0) is 8.97. The molecule has 0 bridgehead atoms. The Bertz CT molecular complexity index is 371. The molecule has 0 amide bonds. The van der Waals surface area contributed by atoms with Gasteiger partial charge in [-0.2, -0.15) is 0 Å². The summed E-state index contributed by atoms with van der Waals surface area (Å²) in [5.41, 5.74) is 0.986. The first kappa shape index (κ1) is 8.52. The van der Waals surface area contributed by atoms with Crippen molar-refractivity contribution in [1.82, 2.24) is 9.97 Å². The molecule has 0 spiro atoms. The minimum atomic E-state index is -0.464. The molecule has 2 aromatic heterocycles. The quantitative estimate of drug-likeness (QED) is 0.652. The van der Waals surface area contributed by atoms with E-state index in [0.29, 0.717) is 11.2 Å². The molecule has 0 radical (unpaired) electrons. The molecule has 2 heterocycles. The summed E-state index contributed by atoms with van der Waals surface area (Å²) in [6, 6.07) is 3.39. The average molecular weight is 168 g/mol. The lowest BCUT2D eigenvalue weighted by Gasteiger charge is -1.79. The molecule has 0 saturated heterocycles. The summed E-state index contributed by atoms with van der Waals surface area (Å²) in [5.74, 6) is -0.464. The predicted octanol–water partition coefficient (Wildman–Crippen LogP) is 1.79. The lowest BCUT2D eigenvalue weighted by Crippen LogP contribution is -1.93.